The van der Waals surface area contributed by atoms with Gasteiger partial charge in [-0.3, -0.25) is 0 Å². The summed E-state index contributed by atoms with van der Waals surface area (Å²) in [4.78, 5) is 6.82. The molecule has 21 heavy (non-hydrogen) atoms. The van der Waals surface area contributed by atoms with Crippen LogP contribution in [0.25, 0.3) is 10.8 Å². The lowest BCUT2D eigenvalue weighted by Gasteiger charge is -2.13. The van der Waals surface area contributed by atoms with Gasteiger partial charge in [0.05, 0.1) is 12.3 Å². The van der Waals surface area contributed by atoms with Crippen LogP contribution >= 0.6 is 0 Å². The van der Waals surface area contributed by atoms with Gasteiger partial charge in [-0.15, -0.1) is 0 Å². The first-order valence-corrected chi connectivity index (χ1v) is 7.57. The first-order valence-electron chi connectivity index (χ1n) is 7.57. The second kappa shape index (κ2) is 7.96. The van der Waals surface area contributed by atoms with Crippen molar-refractivity contribution < 1.29 is 4.74 Å². The van der Waals surface area contributed by atoms with E-state index in [0.29, 0.717) is 6.61 Å². The minimum atomic E-state index is 0.694. The Morgan fingerprint density at radius 3 is 2.81 bits per heavy atom. The zero-order valence-corrected chi connectivity index (χ0v) is 13.2. The summed E-state index contributed by atoms with van der Waals surface area (Å²) in [6.07, 6.45) is 1.00. The summed E-state index contributed by atoms with van der Waals surface area (Å²) < 4.78 is 5.92. The maximum absolute atomic E-state index is 5.92. The molecule has 0 atom stereocenters. The summed E-state index contributed by atoms with van der Waals surface area (Å²) in [5.41, 5.74) is 1.03. The van der Waals surface area contributed by atoms with E-state index < -0.39 is 0 Å². The molecule has 114 valence electrons. The SMILES string of the molecule is CCNCc1cc2ccccc2c(OCCCN(C)C)n1. The Balaban J connectivity index is 2.14. The molecular weight excluding hydrogens is 262 g/mol. The van der Waals surface area contributed by atoms with E-state index in [4.69, 9.17) is 4.74 Å². The molecule has 0 fully saturated rings. The second-order valence-corrected chi connectivity index (χ2v) is 5.43. The predicted octanol–water partition coefficient (Wildman–Crippen LogP) is 2.67. The predicted molar refractivity (Wildman–Crippen MR) is 87.8 cm³/mol. The van der Waals surface area contributed by atoms with Crippen LogP contribution in [-0.2, 0) is 6.54 Å². The molecular formula is C17H25N3O. The molecule has 0 saturated heterocycles. The highest BCUT2D eigenvalue weighted by molar-refractivity contribution is 5.87. The number of hydrogen-bond acceptors (Lipinski definition) is 4. The molecule has 1 heterocycles. The summed E-state index contributed by atoms with van der Waals surface area (Å²) in [7, 11) is 4.15. The average Bonchev–Trinajstić information content (AvgIpc) is 2.49. The van der Waals surface area contributed by atoms with E-state index in [-0.39, 0.29) is 0 Å². The van der Waals surface area contributed by atoms with Crippen molar-refractivity contribution in [2.24, 2.45) is 0 Å². The molecule has 1 aromatic heterocycles. The van der Waals surface area contributed by atoms with E-state index in [1.807, 2.05) is 6.07 Å². The van der Waals surface area contributed by atoms with Gasteiger partial charge in [0.2, 0.25) is 5.88 Å². The van der Waals surface area contributed by atoms with Crippen LogP contribution < -0.4 is 10.1 Å². The Morgan fingerprint density at radius 1 is 1.24 bits per heavy atom. The van der Waals surface area contributed by atoms with E-state index in [1.165, 1.54) is 5.39 Å². The Morgan fingerprint density at radius 2 is 2.05 bits per heavy atom. The highest BCUT2D eigenvalue weighted by Crippen LogP contribution is 2.24. The largest absolute Gasteiger partial charge is 0.477 e. The van der Waals surface area contributed by atoms with E-state index in [9.17, 15) is 0 Å². The summed E-state index contributed by atoms with van der Waals surface area (Å²) in [5, 5.41) is 5.58. The number of rotatable bonds is 8. The number of nitrogens with one attached hydrogen (secondary N) is 1. The Labute approximate surface area is 127 Å². The minimum Gasteiger partial charge on any atom is -0.477 e. The zero-order valence-electron chi connectivity index (χ0n) is 13.2. The highest BCUT2D eigenvalue weighted by Gasteiger charge is 2.07. The van der Waals surface area contributed by atoms with Gasteiger partial charge < -0.3 is 15.0 Å². The average molecular weight is 287 g/mol. The minimum absolute atomic E-state index is 0.694. The molecule has 0 spiro atoms. The number of fused-ring (bicyclic) bond motifs is 1. The highest BCUT2D eigenvalue weighted by atomic mass is 16.5. The van der Waals surface area contributed by atoms with Crippen molar-refractivity contribution in [2.45, 2.75) is 19.9 Å². The molecule has 0 aliphatic heterocycles. The van der Waals surface area contributed by atoms with Gasteiger partial charge in [0, 0.05) is 18.5 Å². The Kier molecular flexibility index (Phi) is 5.96. The summed E-state index contributed by atoms with van der Waals surface area (Å²) in [6, 6.07) is 10.4. The van der Waals surface area contributed by atoms with Crippen molar-refractivity contribution >= 4 is 10.8 Å². The molecule has 4 heteroatoms. The monoisotopic (exact) mass is 287 g/mol. The van der Waals surface area contributed by atoms with Crippen LogP contribution in [0.15, 0.2) is 30.3 Å². The summed E-state index contributed by atoms with van der Waals surface area (Å²) in [6.45, 7) is 5.53. The van der Waals surface area contributed by atoms with Gasteiger partial charge in [-0.25, -0.2) is 4.98 Å². The van der Waals surface area contributed by atoms with E-state index >= 15 is 0 Å². The molecule has 0 aliphatic carbocycles. The van der Waals surface area contributed by atoms with Crippen molar-refractivity contribution in [3.63, 3.8) is 0 Å². The molecule has 0 bridgehead atoms. The van der Waals surface area contributed by atoms with Crippen LogP contribution in [0, 0.1) is 0 Å². The normalized spacial score (nSPS) is 11.2. The Bertz CT molecular complexity index is 569. The van der Waals surface area contributed by atoms with Crippen LogP contribution in [0.4, 0.5) is 0 Å². The number of aromatic nitrogens is 1. The molecule has 0 aliphatic rings. The molecule has 1 aromatic carbocycles. The maximum atomic E-state index is 5.92. The Hall–Kier alpha value is -1.65. The van der Waals surface area contributed by atoms with Crippen LogP contribution in [0.1, 0.15) is 19.0 Å². The summed E-state index contributed by atoms with van der Waals surface area (Å²) in [5.74, 6) is 0.750. The van der Waals surface area contributed by atoms with E-state index in [1.54, 1.807) is 0 Å². The lowest BCUT2D eigenvalue weighted by molar-refractivity contribution is 0.275. The molecule has 1 N–H and O–H groups in total. The van der Waals surface area contributed by atoms with Gasteiger partial charge >= 0.3 is 0 Å². The molecule has 0 saturated carbocycles. The molecule has 4 nitrogen and oxygen atoms in total. The fraction of sp³-hybridized carbons (Fsp3) is 0.471. The van der Waals surface area contributed by atoms with E-state index in [2.05, 4.69) is 60.5 Å². The first kappa shape index (κ1) is 15.7. The van der Waals surface area contributed by atoms with Gasteiger partial charge in [-0.1, -0.05) is 25.1 Å². The quantitative estimate of drug-likeness (QED) is 0.758. The van der Waals surface area contributed by atoms with Gasteiger partial charge in [0.1, 0.15) is 0 Å². The van der Waals surface area contributed by atoms with Crippen molar-refractivity contribution in [2.75, 3.05) is 33.8 Å². The van der Waals surface area contributed by atoms with Crippen LogP contribution in [0.2, 0.25) is 0 Å². The van der Waals surface area contributed by atoms with Crippen molar-refractivity contribution in [3.05, 3.63) is 36.0 Å². The number of hydrogen-bond donors (Lipinski definition) is 1. The lowest BCUT2D eigenvalue weighted by Crippen LogP contribution is -2.16. The van der Waals surface area contributed by atoms with Gasteiger partial charge in [-0.05, 0) is 44.6 Å². The molecule has 0 unspecified atom stereocenters. The fourth-order valence-corrected chi connectivity index (χ4v) is 2.22. The van der Waals surface area contributed by atoms with Gasteiger partial charge in [0.15, 0.2) is 0 Å². The van der Waals surface area contributed by atoms with Crippen molar-refractivity contribution in [3.8, 4) is 5.88 Å². The maximum Gasteiger partial charge on any atom is 0.221 e. The smallest absolute Gasteiger partial charge is 0.221 e. The third-order valence-corrected chi connectivity index (χ3v) is 3.30. The molecule has 0 amide bonds. The summed E-state index contributed by atoms with van der Waals surface area (Å²) >= 11 is 0. The van der Waals surface area contributed by atoms with Crippen LogP contribution in [0.3, 0.4) is 0 Å². The van der Waals surface area contributed by atoms with Gasteiger partial charge in [0.25, 0.3) is 0 Å². The molecule has 0 radical (unpaired) electrons. The second-order valence-electron chi connectivity index (χ2n) is 5.43. The standard InChI is InChI=1S/C17H25N3O/c1-4-18-13-15-12-14-8-5-6-9-16(14)17(19-15)21-11-7-10-20(2)3/h5-6,8-9,12,18H,4,7,10-11,13H2,1-3H3. The number of benzene rings is 1. The van der Waals surface area contributed by atoms with Crippen LogP contribution in [-0.4, -0.2) is 43.7 Å². The fourth-order valence-electron chi connectivity index (χ4n) is 2.22. The zero-order chi connectivity index (χ0) is 15.1. The number of nitrogens with zero attached hydrogens (tertiary/aromatic N) is 2. The lowest BCUT2D eigenvalue weighted by atomic mass is 10.1. The van der Waals surface area contributed by atoms with Crippen molar-refractivity contribution in [1.29, 1.82) is 0 Å². The van der Waals surface area contributed by atoms with Crippen molar-refractivity contribution in [1.82, 2.24) is 15.2 Å². The topological polar surface area (TPSA) is 37.4 Å². The molecule has 2 aromatic rings. The number of pyridine rings is 1. The number of ether oxygens (including phenoxy) is 1. The first-order chi connectivity index (χ1) is 10.2. The van der Waals surface area contributed by atoms with Gasteiger partial charge in [-0.2, -0.15) is 0 Å². The van der Waals surface area contributed by atoms with Crippen LogP contribution in [0.5, 0.6) is 5.88 Å². The molecule has 2 rings (SSSR count). The third kappa shape index (κ3) is 4.69. The van der Waals surface area contributed by atoms with E-state index in [0.717, 1.165) is 43.0 Å². The third-order valence-electron chi connectivity index (χ3n) is 3.30.